The first kappa shape index (κ1) is 14.5. The highest BCUT2D eigenvalue weighted by Crippen LogP contribution is 2.30. The van der Waals surface area contributed by atoms with Crippen molar-refractivity contribution in [3.05, 3.63) is 41.6 Å². The predicted octanol–water partition coefficient (Wildman–Crippen LogP) is 3.04. The summed E-state index contributed by atoms with van der Waals surface area (Å²) in [6, 6.07) is 10.5. The Morgan fingerprint density at radius 1 is 1.24 bits per heavy atom. The Balaban J connectivity index is 1.68. The number of rotatable bonds is 5. The van der Waals surface area contributed by atoms with Gasteiger partial charge in [0, 0.05) is 24.2 Å². The van der Waals surface area contributed by atoms with Gasteiger partial charge >= 0.3 is 0 Å². The van der Waals surface area contributed by atoms with Gasteiger partial charge in [0.15, 0.2) is 0 Å². The van der Waals surface area contributed by atoms with Gasteiger partial charge in [-0.25, -0.2) is 0 Å². The van der Waals surface area contributed by atoms with Crippen LogP contribution >= 0.6 is 0 Å². The van der Waals surface area contributed by atoms with E-state index < -0.39 is 0 Å². The van der Waals surface area contributed by atoms with Gasteiger partial charge in [-0.05, 0) is 55.8 Å². The van der Waals surface area contributed by atoms with Crippen LogP contribution in [0, 0.1) is 18.8 Å². The number of nitrogens with zero attached hydrogens (tertiary/aromatic N) is 1. The van der Waals surface area contributed by atoms with Gasteiger partial charge in [0.2, 0.25) is 0 Å². The number of hydrogen-bond donors (Lipinski definition) is 2. The Morgan fingerprint density at radius 2 is 2.05 bits per heavy atom. The van der Waals surface area contributed by atoms with E-state index >= 15 is 0 Å². The summed E-state index contributed by atoms with van der Waals surface area (Å²) >= 11 is 0. The smallest absolute Gasteiger partial charge is 0.0708 e. The van der Waals surface area contributed by atoms with Crippen LogP contribution in [0.1, 0.15) is 30.5 Å². The van der Waals surface area contributed by atoms with Crippen molar-refractivity contribution in [3.63, 3.8) is 0 Å². The molecule has 112 valence electrons. The molecular formula is C18H24N2O. The zero-order valence-corrected chi connectivity index (χ0v) is 12.7. The maximum atomic E-state index is 9.39. The van der Waals surface area contributed by atoms with Crippen LogP contribution in [0.3, 0.4) is 0 Å². The van der Waals surface area contributed by atoms with Crippen molar-refractivity contribution in [2.24, 2.45) is 11.8 Å². The quantitative estimate of drug-likeness (QED) is 0.887. The van der Waals surface area contributed by atoms with Crippen LogP contribution in [0.25, 0.3) is 10.9 Å². The lowest BCUT2D eigenvalue weighted by Gasteiger charge is -2.18. The first-order valence-electron chi connectivity index (χ1n) is 7.95. The second-order valence-corrected chi connectivity index (χ2v) is 6.20. The molecule has 0 amide bonds. The second kappa shape index (κ2) is 6.54. The molecule has 3 nitrogen and oxygen atoms in total. The predicted molar refractivity (Wildman–Crippen MR) is 86.1 cm³/mol. The molecule has 0 radical (unpaired) electrons. The van der Waals surface area contributed by atoms with Gasteiger partial charge in [-0.3, -0.25) is 4.98 Å². The van der Waals surface area contributed by atoms with Crippen LogP contribution in [0.5, 0.6) is 0 Å². The van der Waals surface area contributed by atoms with E-state index in [0.29, 0.717) is 18.4 Å². The largest absolute Gasteiger partial charge is 0.396 e. The number of aryl methyl sites for hydroxylation is 1. The van der Waals surface area contributed by atoms with Gasteiger partial charge in [-0.15, -0.1) is 0 Å². The lowest BCUT2D eigenvalue weighted by Crippen LogP contribution is -2.26. The van der Waals surface area contributed by atoms with E-state index in [-0.39, 0.29) is 0 Å². The highest BCUT2D eigenvalue weighted by molar-refractivity contribution is 5.82. The minimum absolute atomic E-state index is 0.337. The Kier molecular flexibility index (Phi) is 4.51. The van der Waals surface area contributed by atoms with Crippen molar-refractivity contribution in [2.75, 3.05) is 13.2 Å². The Morgan fingerprint density at radius 3 is 2.90 bits per heavy atom. The van der Waals surface area contributed by atoms with Crippen molar-refractivity contribution in [1.29, 1.82) is 0 Å². The minimum Gasteiger partial charge on any atom is -0.396 e. The van der Waals surface area contributed by atoms with Crippen molar-refractivity contribution in [3.8, 4) is 0 Å². The molecular weight excluding hydrogens is 260 g/mol. The average molecular weight is 284 g/mol. The summed E-state index contributed by atoms with van der Waals surface area (Å²) in [5.41, 5.74) is 3.46. The molecule has 1 saturated carbocycles. The first-order valence-corrected chi connectivity index (χ1v) is 7.95. The fourth-order valence-corrected chi connectivity index (χ4v) is 3.56. The maximum Gasteiger partial charge on any atom is 0.0708 e. The molecule has 1 fully saturated rings. The highest BCUT2D eigenvalue weighted by atomic mass is 16.3. The molecule has 1 aromatic carbocycles. The topological polar surface area (TPSA) is 45.1 Å². The van der Waals surface area contributed by atoms with Gasteiger partial charge < -0.3 is 10.4 Å². The van der Waals surface area contributed by atoms with Crippen LogP contribution < -0.4 is 5.32 Å². The lowest BCUT2D eigenvalue weighted by molar-refractivity contribution is 0.192. The molecule has 21 heavy (non-hydrogen) atoms. The minimum atomic E-state index is 0.337. The normalized spacial score (nSPS) is 22.0. The fourth-order valence-electron chi connectivity index (χ4n) is 3.56. The average Bonchev–Trinajstić information content (AvgIpc) is 2.94. The Labute approximate surface area is 126 Å². The van der Waals surface area contributed by atoms with Gasteiger partial charge in [0.25, 0.3) is 0 Å². The van der Waals surface area contributed by atoms with E-state index in [2.05, 4.69) is 41.5 Å². The van der Waals surface area contributed by atoms with E-state index in [1.165, 1.54) is 30.2 Å². The van der Waals surface area contributed by atoms with E-state index in [1.54, 1.807) is 0 Å². The number of hydrogen-bond acceptors (Lipinski definition) is 3. The molecule has 1 heterocycles. The summed E-state index contributed by atoms with van der Waals surface area (Å²) < 4.78 is 0. The van der Waals surface area contributed by atoms with Crippen LogP contribution in [-0.4, -0.2) is 23.2 Å². The number of nitrogens with one attached hydrogen (secondary N) is 1. The van der Waals surface area contributed by atoms with Crippen LogP contribution in [0.15, 0.2) is 30.3 Å². The molecule has 0 spiro atoms. The number of benzene rings is 1. The Hall–Kier alpha value is -1.45. The third kappa shape index (κ3) is 3.25. The van der Waals surface area contributed by atoms with E-state index in [4.69, 9.17) is 0 Å². The van der Waals surface area contributed by atoms with E-state index in [0.717, 1.165) is 24.3 Å². The van der Waals surface area contributed by atoms with Crippen molar-refractivity contribution >= 4 is 10.9 Å². The van der Waals surface area contributed by atoms with Crippen LogP contribution in [0.4, 0.5) is 0 Å². The second-order valence-electron chi connectivity index (χ2n) is 6.20. The number of aliphatic hydroxyl groups is 1. The molecule has 0 aliphatic heterocycles. The molecule has 3 heteroatoms. The maximum absolute atomic E-state index is 9.39. The van der Waals surface area contributed by atoms with Gasteiger partial charge in [0.1, 0.15) is 0 Å². The van der Waals surface area contributed by atoms with Crippen molar-refractivity contribution < 1.29 is 5.11 Å². The summed E-state index contributed by atoms with van der Waals surface area (Å²) in [5.74, 6) is 1.12. The third-order valence-corrected chi connectivity index (χ3v) is 4.70. The van der Waals surface area contributed by atoms with Gasteiger partial charge in [0.05, 0.1) is 5.52 Å². The molecule has 2 aromatic rings. The standard InChI is InChI=1S/C18H24N2O/c1-13-9-16(17-7-2-3-8-18(17)20-13)11-19-10-14-5-4-6-15(14)12-21/h2-3,7-9,14-15,19,21H,4-6,10-12H2,1H3. The third-order valence-electron chi connectivity index (χ3n) is 4.70. The lowest BCUT2D eigenvalue weighted by atomic mass is 9.97. The highest BCUT2D eigenvalue weighted by Gasteiger charge is 2.25. The van der Waals surface area contributed by atoms with Crippen LogP contribution in [-0.2, 0) is 6.54 Å². The van der Waals surface area contributed by atoms with Crippen molar-refractivity contribution in [1.82, 2.24) is 10.3 Å². The van der Waals surface area contributed by atoms with Gasteiger partial charge in [-0.2, -0.15) is 0 Å². The van der Waals surface area contributed by atoms with Crippen LogP contribution in [0.2, 0.25) is 0 Å². The number of fused-ring (bicyclic) bond motifs is 1. The summed E-state index contributed by atoms with van der Waals surface area (Å²) in [4.78, 5) is 4.59. The van der Waals surface area contributed by atoms with E-state index in [9.17, 15) is 5.11 Å². The summed E-state index contributed by atoms with van der Waals surface area (Å²) in [5, 5.41) is 14.2. The zero-order chi connectivity index (χ0) is 14.7. The SMILES string of the molecule is Cc1cc(CNCC2CCCC2CO)c2ccccc2n1. The monoisotopic (exact) mass is 284 g/mol. The molecule has 0 bridgehead atoms. The molecule has 1 aromatic heterocycles. The fraction of sp³-hybridized carbons (Fsp3) is 0.500. The molecule has 2 unspecified atom stereocenters. The molecule has 0 saturated heterocycles. The number of pyridine rings is 1. The van der Waals surface area contributed by atoms with Crippen molar-refractivity contribution in [2.45, 2.75) is 32.7 Å². The Bertz CT molecular complexity index is 611. The summed E-state index contributed by atoms with van der Waals surface area (Å²) in [6.07, 6.45) is 3.68. The number of aliphatic hydroxyl groups excluding tert-OH is 1. The van der Waals surface area contributed by atoms with E-state index in [1.807, 2.05) is 6.07 Å². The zero-order valence-electron chi connectivity index (χ0n) is 12.7. The molecule has 1 aliphatic carbocycles. The molecule has 2 N–H and O–H groups in total. The summed E-state index contributed by atoms with van der Waals surface area (Å²) in [7, 11) is 0. The number of aromatic nitrogens is 1. The summed E-state index contributed by atoms with van der Waals surface area (Å²) in [6.45, 7) is 4.26. The molecule has 2 atom stereocenters. The first-order chi connectivity index (χ1) is 10.3. The molecule has 1 aliphatic rings. The molecule has 3 rings (SSSR count). The number of para-hydroxylation sites is 1. The van der Waals surface area contributed by atoms with Gasteiger partial charge in [-0.1, -0.05) is 24.6 Å².